The highest BCUT2D eigenvalue weighted by molar-refractivity contribution is 6.29. The molecule has 106 valence electrons. The van der Waals surface area contributed by atoms with Crippen molar-refractivity contribution < 1.29 is 9.47 Å². The van der Waals surface area contributed by atoms with Crippen molar-refractivity contribution in [3.05, 3.63) is 35.5 Å². The van der Waals surface area contributed by atoms with E-state index in [1.165, 1.54) is 0 Å². The molecule has 0 radical (unpaired) electrons. The maximum Gasteiger partial charge on any atom is 0.156 e. The highest BCUT2D eigenvalue weighted by atomic mass is 35.5. The van der Waals surface area contributed by atoms with Gasteiger partial charge in [0.1, 0.15) is 17.5 Å². The first kappa shape index (κ1) is 14.7. The monoisotopic (exact) mass is 293 g/mol. The molecule has 0 atom stereocenters. The molecule has 0 unspecified atom stereocenters. The molecule has 0 spiro atoms. The Morgan fingerprint density at radius 2 is 2.05 bits per heavy atom. The molecule has 0 aliphatic carbocycles. The quantitative estimate of drug-likeness (QED) is 0.766. The zero-order chi connectivity index (χ0) is 14.4. The van der Waals surface area contributed by atoms with Gasteiger partial charge < -0.3 is 9.47 Å². The maximum absolute atomic E-state index is 6.00. The number of rotatable bonds is 6. The van der Waals surface area contributed by atoms with Crippen LogP contribution in [0.1, 0.15) is 19.2 Å². The lowest BCUT2D eigenvalue weighted by atomic mass is 10.2. The van der Waals surface area contributed by atoms with Crippen LogP contribution in [0.3, 0.4) is 0 Å². The summed E-state index contributed by atoms with van der Waals surface area (Å²) in [6, 6.07) is 3.58. The summed E-state index contributed by atoms with van der Waals surface area (Å²) >= 11 is 6.00. The number of hydrogen-bond acceptors (Lipinski definition) is 5. The lowest BCUT2D eigenvalue weighted by Gasteiger charge is -2.07. The molecular formula is C14H16ClN3O2. The van der Waals surface area contributed by atoms with Crippen molar-refractivity contribution in [1.82, 2.24) is 15.0 Å². The van der Waals surface area contributed by atoms with E-state index in [1.54, 1.807) is 25.6 Å². The summed E-state index contributed by atoms with van der Waals surface area (Å²) in [5, 5.41) is 0.377. The lowest BCUT2D eigenvalue weighted by molar-refractivity contribution is 0.178. The standard InChI is InChI=1S/C14H16ClN3O2/c1-3-4-20-11-5-10(7-16-8-11)12-6-13(15)18-14(17-12)9-19-2/h5-8H,3-4,9H2,1-2H3. The molecule has 0 aliphatic rings. The van der Waals surface area contributed by atoms with Gasteiger partial charge in [-0.25, -0.2) is 9.97 Å². The third-order valence-corrected chi connectivity index (χ3v) is 2.69. The van der Waals surface area contributed by atoms with Gasteiger partial charge in [-0.1, -0.05) is 18.5 Å². The van der Waals surface area contributed by atoms with Crippen LogP contribution in [0.5, 0.6) is 5.75 Å². The van der Waals surface area contributed by atoms with Crippen molar-refractivity contribution >= 4 is 11.6 Å². The lowest BCUT2D eigenvalue weighted by Crippen LogP contribution is -2.00. The molecule has 20 heavy (non-hydrogen) atoms. The summed E-state index contributed by atoms with van der Waals surface area (Å²) in [6.07, 6.45) is 4.34. The van der Waals surface area contributed by atoms with E-state index in [0.29, 0.717) is 35.6 Å². The Hall–Kier alpha value is -1.72. The Morgan fingerprint density at radius 1 is 1.20 bits per heavy atom. The number of halogens is 1. The number of hydrogen-bond donors (Lipinski definition) is 0. The van der Waals surface area contributed by atoms with E-state index in [0.717, 1.165) is 12.0 Å². The van der Waals surface area contributed by atoms with Crippen molar-refractivity contribution in [2.75, 3.05) is 13.7 Å². The van der Waals surface area contributed by atoms with Crippen LogP contribution >= 0.6 is 11.6 Å². The molecule has 0 bridgehead atoms. The maximum atomic E-state index is 6.00. The van der Waals surface area contributed by atoms with E-state index in [-0.39, 0.29) is 0 Å². The van der Waals surface area contributed by atoms with E-state index in [2.05, 4.69) is 21.9 Å². The third-order valence-electron chi connectivity index (χ3n) is 2.50. The third kappa shape index (κ3) is 3.88. The molecule has 0 saturated carbocycles. The van der Waals surface area contributed by atoms with Gasteiger partial charge in [0, 0.05) is 24.9 Å². The molecule has 0 saturated heterocycles. The van der Waals surface area contributed by atoms with Crippen molar-refractivity contribution in [2.45, 2.75) is 20.0 Å². The molecule has 2 rings (SSSR count). The fraction of sp³-hybridized carbons (Fsp3) is 0.357. The largest absolute Gasteiger partial charge is 0.492 e. The minimum absolute atomic E-state index is 0.313. The molecule has 6 heteroatoms. The van der Waals surface area contributed by atoms with E-state index in [9.17, 15) is 0 Å². The molecule has 5 nitrogen and oxygen atoms in total. The number of ether oxygens (including phenoxy) is 2. The van der Waals surface area contributed by atoms with Crippen LogP contribution in [0, 0.1) is 0 Å². The minimum Gasteiger partial charge on any atom is -0.492 e. The Labute approximate surface area is 123 Å². The summed E-state index contributed by atoms with van der Waals surface area (Å²) in [7, 11) is 1.59. The van der Waals surface area contributed by atoms with Crippen molar-refractivity contribution in [3.8, 4) is 17.0 Å². The van der Waals surface area contributed by atoms with Gasteiger partial charge in [-0.05, 0) is 12.5 Å². The van der Waals surface area contributed by atoms with Gasteiger partial charge in [0.25, 0.3) is 0 Å². The average molecular weight is 294 g/mol. The first-order valence-corrected chi connectivity index (χ1v) is 6.71. The van der Waals surface area contributed by atoms with E-state index < -0.39 is 0 Å². The Bertz CT molecular complexity index is 578. The molecule has 2 aromatic heterocycles. The summed E-state index contributed by atoms with van der Waals surface area (Å²) in [6.45, 7) is 3.02. The van der Waals surface area contributed by atoms with Crippen LogP contribution in [0.2, 0.25) is 5.15 Å². The molecule has 2 aromatic rings. The summed E-state index contributed by atoms with van der Waals surface area (Å²) in [4.78, 5) is 12.7. The fourth-order valence-electron chi connectivity index (χ4n) is 1.66. The predicted molar refractivity (Wildman–Crippen MR) is 76.8 cm³/mol. The summed E-state index contributed by atoms with van der Waals surface area (Å²) in [5.41, 5.74) is 1.53. The predicted octanol–water partition coefficient (Wildman–Crippen LogP) is 3.13. The number of methoxy groups -OCH3 is 1. The summed E-state index contributed by atoms with van der Waals surface area (Å²) in [5.74, 6) is 1.25. The second kappa shape index (κ2) is 7.17. The van der Waals surface area contributed by atoms with Gasteiger partial charge in [0.05, 0.1) is 18.5 Å². The number of aromatic nitrogens is 3. The van der Waals surface area contributed by atoms with E-state index >= 15 is 0 Å². The zero-order valence-corrected chi connectivity index (χ0v) is 12.2. The normalized spacial score (nSPS) is 10.6. The second-order valence-corrected chi connectivity index (χ2v) is 4.57. The second-order valence-electron chi connectivity index (χ2n) is 4.18. The Kier molecular flexibility index (Phi) is 5.26. The van der Waals surface area contributed by atoms with E-state index in [1.807, 2.05) is 6.07 Å². The number of pyridine rings is 1. The summed E-state index contributed by atoms with van der Waals surface area (Å²) < 4.78 is 10.6. The molecule has 0 aromatic carbocycles. The van der Waals surface area contributed by atoms with Gasteiger partial charge in [-0.3, -0.25) is 4.98 Å². The van der Waals surface area contributed by atoms with Crippen LogP contribution in [0.4, 0.5) is 0 Å². The van der Waals surface area contributed by atoms with Crippen molar-refractivity contribution in [1.29, 1.82) is 0 Å². The molecule has 0 fully saturated rings. The molecule has 2 heterocycles. The fourth-order valence-corrected chi connectivity index (χ4v) is 1.86. The van der Waals surface area contributed by atoms with Crippen LogP contribution in [0.25, 0.3) is 11.3 Å². The van der Waals surface area contributed by atoms with Gasteiger partial charge in [-0.2, -0.15) is 0 Å². The highest BCUT2D eigenvalue weighted by Gasteiger charge is 2.07. The molecule has 0 N–H and O–H groups in total. The smallest absolute Gasteiger partial charge is 0.156 e. The first-order valence-electron chi connectivity index (χ1n) is 6.33. The van der Waals surface area contributed by atoms with Gasteiger partial charge >= 0.3 is 0 Å². The Morgan fingerprint density at radius 3 is 2.80 bits per heavy atom. The Balaban J connectivity index is 2.30. The molecule has 0 aliphatic heterocycles. The van der Waals surface area contributed by atoms with Gasteiger partial charge in [-0.15, -0.1) is 0 Å². The SMILES string of the molecule is CCCOc1cncc(-c2cc(Cl)nc(COC)n2)c1. The van der Waals surface area contributed by atoms with E-state index in [4.69, 9.17) is 21.1 Å². The van der Waals surface area contributed by atoms with Crippen LogP contribution in [-0.4, -0.2) is 28.7 Å². The molecular weight excluding hydrogens is 278 g/mol. The van der Waals surface area contributed by atoms with Crippen molar-refractivity contribution in [3.63, 3.8) is 0 Å². The van der Waals surface area contributed by atoms with Crippen LogP contribution in [0.15, 0.2) is 24.5 Å². The number of nitrogens with zero attached hydrogens (tertiary/aromatic N) is 3. The first-order chi connectivity index (χ1) is 9.72. The molecule has 0 amide bonds. The van der Waals surface area contributed by atoms with Gasteiger partial charge in [0.2, 0.25) is 0 Å². The minimum atomic E-state index is 0.313. The van der Waals surface area contributed by atoms with Gasteiger partial charge in [0.15, 0.2) is 5.82 Å². The van der Waals surface area contributed by atoms with Crippen LogP contribution < -0.4 is 4.74 Å². The highest BCUT2D eigenvalue weighted by Crippen LogP contribution is 2.23. The van der Waals surface area contributed by atoms with Crippen molar-refractivity contribution in [2.24, 2.45) is 0 Å². The topological polar surface area (TPSA) is 57.1 Å². The van der Waals surface area contributed by atoms with Crippen LogP contribution in [-0.2, 0) is 11.3 Å². The zero-order valence-electron chi connectivity index (χ0n) is 11.5. The average Bonchev–Trinajstić information content (AvgIpc) is 2.45.